The largest absolute Gasteiger partial charge is 0.374 e. The third-order valence-corrected chi connectivity index (χ3v) is 10.1. The Hall–Kier alpha value is 0.220. The summed E-state index contributed by atoms with van der Waals surface area (Å²) >= 11 is 0. The highest BCUT2D eigenvalue weighted by molar-refractivity contribution is 7.73. The Morgan fingerprint density at radius 2 is 1.19 bits per heavy atom. The Morgan fingerprint density at radius 3 is 1.52 bits per heavy atom. The fourth-order valence-corrected chi connectivity index (χ4v) is 7.65. The van der Waals surface area contributed by atoms with Crippen molar-refractivity contribution in [3.8, 4) is 0 Å². The van der Waals surface area contributed by atoms with Gasteiger partial charge in [-0.1, -0.05) is 19.8 Å². The van der Waals surface area contributed by atoms with Gasteiger partial charge in [0.25, 0.3) is 5.08 Å². The van der Waals surface area contributed by atoms with E-state index in [0.29, 0.717) is 6.54 Å². The second-order valence-electron chi connectivity index (χ2n) is 6.20. The molecule has 0 rings (SSSR count). The molecule has 0 aromatic rings. The molecule has 0 fully saturated rings. The van der Waals surface area contributed by atoms with Crippen LogP contribution in [0.1, 0.15) is 60.3 Å². The van der Waals surface area contributed by atoms with Crippen LogP contribution in [0.2, 0.25) is 0 Å². The van der Waals surface area contributed by atoms with Gasteiger partial charge >= 0.3 is 15.2 Å². The number of hydrogen-bond donors (Lipinski definition) is 1. The lowest BCUT2D eigenvalue weighted by Crippen LogP contribution is -2.37. The summed E-state index contributed by atoms with van der Waals surface area (Å²) in [4.78, 5) is 1.99. The molecule has 0 amide bonds. The summed E-state index contributed by atoms with van der Waals surface area (Å²) in [6.45, 7) is 9.94. The van der Waals surface area contributed by atoms with Gasteiger partial charge in [0.15, 0.2) is 0 Å². The lowest BCUT2D eigenvalue weighted by molar-refractivity contribution is 0.0713. The van der Waals surface area contributed by atoms with E-state index in [1.54, 1.807) is 27.7 Å². The number of unbranched alkanes of at least 4 members (excludes halogenated alkanes) is 2. The monoisotopic (exact) mass is 431 g/mol. The van der Waals surface area contributed by atoms with E-state index in [0.717, 1.165) is 25.8 Å². The maximum Gasteiger partial charge on any atom is 0.374 e. The van der Waals surface area contributed by atoms with Crippen LogP contribution in [-0.2, 0) is 27.2 Å². The maximum atomic E-state index is 13.5. The summed E-state index contributed by atoms with van der Waals surface area (Å²) in [5, 5.41) is 9.06. The predicted octanol–water partition coefficient (Wildman–Crippen LogP) is 4.68. The van der Waals surface area contributed by atoms with Crippen molar-refractivity contribution in [3.05, 3.63) is 0 Å². The molecule has 0 saturated carbocycles. The molecular weight excluding hydrogens is 392 g/mol. The Kier molecular flexibility index (Phi) is 13.6. The van der Waals surface area contributed by atoms with Crippen LogP contribution < -0.4 is 0 Å². The van der Waals surface area contributed by atoms with Gasteiger partial charge in [0, 0.05) is 13.0 Å². The molecule has 0 atom stereocenters. The summed E-state index contributed by atoms with van der Waals surface area (Å²) in [6.07, 6.45) is 3.09. The molecular formula is C17H39NO7P2. The number of hydrogen-bond acceptors (Lipinski definition) is 8. The smallest absolute Gasteiger partial charge is 0.367 e. The molecule has 0 radical (unpaired) electrons. The zero-order valence-electron chi connectivity index (χ0n) is 17.8. The van der Waals surface area contributed by atoms with E-state index in [1.807, 2.05) is 11.9 Å². The molecule has 0 unspecified atom stereocenters. The first-order valence-corrected chi connectivity index (χ1v) is 13.0. The van der Waals surface area contributed by atoms with Crippen molar-refractivity contribution >= 4 is 15.2 Å². The molecule has 0 aliphatic heterocycles. The predicted molar refractivity (Wildman–Crippen MR) is 108 cm³/mol. The third-order valence-electron chi connectivity index (χ3n) is 4.05. The lowest BCUT2D eigenvalue weighted by atomic mass is 10.2. The third kappa shape index (κ3) is 7.52. The molecule has 0 saturated heterocycles. The average Bonchev–Trinajstić information content (AvgIpc) is 2.60. The van der Waals surface area contributed by atoms with Gasteiger partial charge in [0.1, 0.15) is 0 Å². The molecule has 0 heterocycles. The summed E-state index contributed by atoms with van der Waals surface area (Å²) < 4.78 is 48.3. The van der Waals surface area contributed by atoms with Gasteiger partial charge < -0.3 is 28.1 Å². The lowest BCUT2D eigenvalue weighted by Gasteiger charge is -2.39. The topological polar surface area (TPSA) is 94.5 Å². The molecule has 0 bridgehead atoms. The summed E-state index contributed by atoms with van der Waals surface area (Å²) in [5.41, 5.74) is 0. The van der Waals surface area contributed by atoms with Gasteiger partial charge in [-0.15, -0.1) is 0 Å². The molecule has 8 nitrogen and oxygen atoms in total. The van der Waals surface area contributed by atoms with Crippen LogP contribution in [0.4, 0.5) is 0 Å². The molecule has 0 aromatic carbocycles. The van der Waals surface area contributed by atoms with Crippen LogP contribution in [0.15, 0.2) is 0 Å². The molecule has 10 heteroatoms. The van der Waals surface area contributed by atoms with Gasteiger partial charge in [0.05, 0.1) is 26.4 Å². The second kappa shape index (κ2) is 13.4. The Morgan fingerprint density at radius 1 is 0.778 bits per heavy atom. The highest BCUT2D eigenvalue weighted by Gasteiger charge is 2.64. The fourth-order valence-electron chi connectivity index (χ4n) is 2.68. The second-order valence-corrected chi connectivity index (χ2v) is 11.1. The average molecular weight is 431 g/mol. The standard InChI is InChI=1S/C17H39NO7P2/c1-7-12-13-15-18(6)16-14-17(19,26(20,22-8-2)23-9-3)27(21,24-10-4)25-11-5/h19H,7-16H2,1-6H3. The summed E-state index contributed by atoms with van der Waals surface area (Å²) in [5.74, 6) is 0. The van der Waals surface area contributed by atoms with Crippen molar-refractivity contribution in [2.75, 3.05) is 46.6 Å². The number of aliphatic hydroxyl groups is 1. The first kappa shape index (κ1) is 27.2. The van der Waals surface area contributed by atoms with Gasteiger partial charge in [-0.3, -0.25) is 9.13 Å². The van der Waals surface area contributed by atoms with Gasteiger partial charge in [-0.05, 0) is 47.7 Å². The van der Waals surface area contributed by atoms with E-state index in [2.05, 4.69) is 6.92 Å². The van der Waals surface area contributed by atoms with E-state index in [4.69, 9.17) is 18.1 Å². The van der Waals surface area contributed by atoms with E-state index in [-0.39, 0.29) is 32.8 Å². The van der Waals surface area contributed by atoms with Crippen LogP contribution in [0.3, 0.4) is 0 Å². The van der Waals surface area contributed by atoms with Crippen molar-refractivity contribution < 1.29 is 32.3 Å². The summed E-state index contributed by atoms with van der Waals surface area (Å²) in [7, 11) is -6.49. The van der Waals surface area contributed by atoms with Crippen LogP contribution in [-0.4, -0.2) is 61.7 Å². The van der Waals surface area contributed by atoms with Crippen molar-refractivity contribution in [3.63, 3.8) is 0 Å². The minimum Gasteiger partial charge on any atom is -0.367 e. The van der Waals surface area contributed by atoms with Crippen molar-refractivity contribution in [1.29, 1.82) is 0 Å². The first-order valence-electron chi connectivity index (χ1n) is 9.89. The first-order chi connectivity index (χ1) is 12.7. The van der Waals surface area contributed by atoms with Crippen molar-refractivity contribution in [2.45, 2.75) is 65.4 Å². The van der Waals surface area contributed by atoms with Crippen LogP contribution in [0.5, 0.6) is 0 Å². The molecule has 0 aliphatic rings. The van der Waals surface area contributed by atoms with Crippen LogP contribution >= 0.6 is 15.2 Å². The SMILES string of the molecule is CCCCCN(C)CCC(O)(P(=O)(OCC)OCC)P(=O)(OCC)OCC. The molecule has 0 aliphatic carbocycles. The van der Waals surface area contributed by atoms with Gasteiger partial charge in [0.2, 0.25) is 0 Å². The molecule has 0 spiro atoms. The summed E-state index contributed by atoms with van der Waals surface area (Å²) in [6, 6.07) is 0. The zero-order valence-corrected chi connectivity index (χ0v) is 19.6. The molecule has 1 N–H and O–H groups in total. The van der Waals surface area contributed by atoms with Crippen LogP contribution in [0, 0.1) is 0 Å². The zero-order chi connectivity index (χ0) is 21.0. The minimum atomic E-state index is -4.19. The number of rotatable bonds is 17. The van der Waals surface area contributed by atoms with E-state index in [1.165, 1.54) is 0 Å². The van der Waals surface area contributed by atoms with E-state index < -0.39 is 20.3 Å². The fraction of sp³-hybridized carbons (Fsp3) is 1.00. The Labute approximate surface area is 165 Å². The van der Waals surface area contributed by atoms with Gasteiger partial charge in [-0.2, -0.15) is 0 Å². The molecule has 27 heavy (non-hydrogen) atoms. The van der Waals surface area contributed by atoms with Crippen LogP contribution in [0.25, 0.3) is 0 Å². The normalized spacial score (nSPS) is 13.5. The highest BCUT2D eigenvalue weighted by Crippen LogP contribution is 2.77. The Bertz CT molecular complexity index is 440. The highest BCUT2D eigenvalue weighted by atomic mass is 31.2. The Balaban J connectivity index is 5.78. The van der Waals surface area contributed by atoms with Crippen molar-refractivity contribution in [1.82, 2.24) is 4.90 Å². The molecule has 0 aromatic heterocycles. The van der Waals surface area contributed by atoms with Gasteiger partial charge in [-0.25, -0.2) is 0 Å². The van der Waals surface area contributed by atoms with Crippen molar-refractivity contribution in [2.24, 2.45) is 0 Å². The maximum absolute atomic E-state index is 13.5. The quantitative estimate of drug-likeness (QED) is 0.262. The van der Waals surface area contributed by atoms with E-state index >= 15 is 0 Å². The van der Waals surface area contributed by atoms with E-state index in [9.17, 15) is 14.2 Å². The molecule has 164 valence electrons. The number of nitrogens with zero attached hydrogens (tertiary/aromatic N) is 1. The minimum absolute atomic E-state index is 0.0319.